The number of hydrogen-bond acceptors (Lipinski definition) is 0. The van der Waals surface area contributed by atoms with Crippen LogP contribution in [-0.2, 0) is 0 Å². The topological polar surface area (TPSA) is 0 Å². The second-order valence-electron chi connectivity index (χ2n) is 5.12. The molecule has 0 radical (unpaired) electrons. The molecule has 0 nitrogen and oxygen atoms in total. The first-order valence-electron chi connectivity index (χ1n) is 6.50. The Hall–Kier alpha value is -0.314. The van der Waals surface area contributed by atoms with E-state index in [4.69, 9.17) is 0 Å². The van der Waals surface area contributed by atoms with Crippen LogP contribution in [-0.4, -0.2) is 0 Å². The van der Waals surface area contributed by atoms with Crippen LogP contribution >= 0.6 is 0 Å². The molecule has 0 saturated carbocycles. The number of hydrogen-bond donors (Lipinski definition) is 0. The largest absolute Gasteiger partial charge is 1.00 e. The summed E-state index contributed by atoms with van der Waals surface area (Å²) in [7, 11) is 0. The minimum atomic E-state index is 0. The summed E-state index contributed by atoms with van der Waals surface area (Å²) in [5.41, 5.74) is 4.05. The predicted octanol–water partition coefficient (Wildman–Crippen LogP) is 2.35. The molecular formula is C18H17K. The summed E-state index contributed by atoms with van der Waals surface area (Å²) >= 11 is 0. The van der Waals surface area contributed by atoms with Crippen molar-refractivity contribution >= 4 is 10.8 Å². The van der Waals surface area contributed by atoms with Crippen molar-refractivity contribution in [3.63, 3.8) is 0 Å². The van der Waals surface area contributed by atoms with E-state index < -0.39 is 0 Å². The zero-order valence-corrected chi connectivity index (χ0v) is 15.0. The van der Waals surface area contributed by atoms with Crippen molar-refractivity contribution in [1.29, 1.82) is 0 Å². The van der Waals surface area contributed by atoms with E-state index in [1.165, 1.54) is 27.5 Å². The zero-order chi connectivity index (χ0) is 12.5. The van der Waals surface area contributed by atoms with E-state index in [0.29, 0.717) is 5.92 Å². The van der Waals surface area contributed by atoms with Crippen LogP contribution in [0.25, 0.3) is 21.9 Å². The fourth-order valence-corrected chi connectivity index (χ4v) is 2.46. The zero-order valence-electron chi connectivity index (χ0n) is 11.9. The van der Waals surface area contributed by atoms with Crippen LogP contribution in [0.15, 0.2) is 60.7 Å². The summed E-state index contributed by atoms with van der Waals surface area (Å²) in [5.74, 6) is 0.584. The van der Waals surface area contributed by atoms with Gasteiger partial charge in [0.05, 0.1) is 0 Å². The van der Waals surface area contributed by atoms with Crippen LogP contribution in [0.1, 0.15) is 25.3 Å². The van der Waals surface area contributed by atoms with Gasteiger partial charge in [0, 0.05) is 0 Å². The summed E-state index contributed by atoms with van der Waals surface area (Å²) < 4.78 is 0. The van der Waals surface area contributed by atoms with Crippen LogP contribution in [0.2, 0.25) is 0 Å². The van der Waals surface area contributed by atoms with Gasteiger partial charge in [-0.15, -0.1) is 34.5 Å². The van der Waals surface area contributed by atoms with Crippen molar-refractivity contribution in [2.24, 2.45) is 0 Å². The molecule has 0 amide bonds. The van der Waals surface area contributed by atoms with Gasteiger partial charge >= 0.3 is 51.4 Å². The molecule has 3 aromatic carbocycles. The average Bonchev–Trinajstić information content (AvgIpc) is 2.83. The Bertz CT molecular complexity index is 662. The Morgan fingerprint density at radius 3 is 2.32 bits per heavy atom. The number of benzene rings is 2. The summed E-state index contributed by atoms with van der Waals surface area (Å²) in [6, 6.07) is 21.8. The van der Waals surface area contributed by atoms with Crippen LogP contribution in [0.3, 0.4) is 0 Å². The van der Waals surface area contributed by atoms with Gasteiger partial charge in [-0.25, -0.2) is 0 Å². The van der Waals surface area contributed by atoms with Gasteiger partial charge in [0.1, 0.15) is 0 Å². The Morgan fingerprint density at radius 1 is 0.895 bits per heavy atom. The number of fused-ring (bicyclic) bond motifs is 1. The van der Waals surface area contributed by atoms with E-state index in [2.05, 4.69) is 74.5 Å². The molecule has 90 valence electrons. The first kappa shape index (κ1) is 15.1. The fraction of sp³-hybridized carbons (Fsp3) is 0.167. The average molecular weight is 272 g/mol. The normalized spacial score (nSPS) is 10.7. The second kappa shape index (κ2) is 6.42. The summed E-state index contributed by atoms with van der Waals surface area (Å²) in [5, 5.41) is 2.72. The van der Waals surface area contributed by atoms with Crippen molar-refractivity contribution in [3.8, 4) is 11.1 Å². The van der Waals surface area contributed by atoms with Crippen LogP contribution < -0.4 is 51.4 Å². The summed E-state index contributed by atoms with van der Waals surface area (Å²) in [4.78, 5) is 0. The maximum absolute atomic E-state index is 2.34. The Morgan fingerprint density at radius 2 is 1.63 bits per heavy atom. The van der Waals surface area contributed by atoms with E-state index in [-0.39, 0.29) is 51.4 Å². The van der Waals surface area contributed by atoms with E-state index >= 15 is 0 Å². The standard InChI is InChI=1S/C18H17.K/c1-13(2)16-11-15-9-6-10-17(18(15)12-16)14-7-4-3-5-8-14;/h3-13H,1-2H3;/q-1;+1. The van der Waals surface area contributed by atoms with Crippen molar-refractivity contribution in [2.75, 3.05) is 0 Å². The minimum Gasteiger partial charge on any atom is -0.164 e. The molecule has 3 aromatic rings. The molecule has 1 heteroatoms. The first-order chi connectivity index (χ1) is 8.75. The van der Waals surface area contributed by atoms with Crippen molar-refractivity contribution in [3.05, 3.63) is 66.2 Å². The predicted molar refractivity (Wildman–Crippen MR) is 79.1 cm³/mol. The maximum Gasteiger partial charge on any atom is 1.00 e. The molecule has 0 heterocycles. The van der Waals surface area contributed by atoms with Gasteiger partial charge in [0.25, 0.3) is 0 Å². The monoisotopic (exact) mass is 272 g/mol. The molecule has 0 aliphatic rings. The molecule has 0 unspecified atom stereocenters. The molecule has 19 heavy (non-hydrogen) atoms. The van der Waals surface area contributed by atoms with Gasteiger partial charge in [0.15, 0.2) is 0 Å². The van der Waals surface area contributed by atoms with Crippen molar-refractivity contribution in [1.82, 2.24) is 0 Å². The van der Waals surface area contributed by atoms with Gasteiger partial charge in [-0.2, -0.15) is 6.07 Å². The van der Waals surface area contributed by atoms with E-state index in [9.17, 15) is 0 Å². The fourth-order valence-electron chi connectivity index (χ4n) is 2.46. The van der Waals surface area contributed by atoms with Crippen LogP contribution in [0.5, 0.6) is 0 Å². The number of rotatable bonds is 2. The van der Waals surface area contributed by atoms with Crippen molar-refractivity contribution in [2.45, 2.75) is 19.8 Å². The first-order valence-corrected chi connectivity index (χ1v) is 6.50. The van der Waals surface area contributed by atoms with Crippen LogP contribution in [0.4, 0.5) is 0 Å². The van der Waals surface area contributed by atoms with Crippen molar-refractivity contribution < 1.29 is 51.4 Å². The van der Waals surface area contributed by atoms with E-state index in [1.807, 2.05) is 0 Å². The second-order valence-corrected chi connectivity index (χ2v) is 5.12. The van der Waals surface area contributed by atoms with E-state index in [1.54, 1.807) is 0 Å². The molecule has 0 aromatic heterocycles. The Balaban J connectivity index is 0.00000133. The van der Waals surface area contributed by atoms with Gasteiger partial charge in [-0.1, -0.05) is 55.8 Å². The molecule has 0 saturated heterocycles. The summed E-state index contributed by atoms with van der Waals surface area (Å²) in [6.07, 6.45) is 0. The van der Waals surface area contributed by atoms with Gasteiger partial charge in [-0.3, -0.25) is 0 Å². The minimum absolute atomic E-state index is 0. The third kappa shape index (κ3) is 3.06. The van der Waals surface area contributed by atoms with Gasteiger partial charge in [-0.05, 0) is 11.5 Å². The van der Waals surface area contributed by atoms with Gasteiger partial charge in [0.2, 0.25) is 0 Å². The smallest absolute Gasteiger partial charge is 0.164 e. The third-order valence-electron chi connectivity index (χ3n) is 3.52. The molecule has 0 atom stereocenters. The molecule has 3 rings (SSSR count). The van der Waals surface area contributed by atoms with E-state index in [0.717, 1.165) is 0 Å². The molecule has 0 fully saturated rings. The molecular weight excluding hydrogens is 255 g/mol. The molecule has 0 bridgehead atoms. The van der Waals surface area contributed by atoms with Gasteiger partial charge < -0.3 is 0 Å². The maximum atomic E-state index is 2.34. The molecule has 0 aliphatic heterocycles. The third-order valence-corrected chi connectivity index (χ3v) is 3.52. The summed E-state index contributed by atoms with van der Waals surface area (Å²) in [6.45, 7) is 4.49. The Kier molecular flexibility index (Phi) is 5.10. The molecule has 0 aliphatic carbocycles. The molecule has 0 spiro atoms. The molecule has 0 N–H and O–H groups in total. The quantitative estimate of drug-likeness (QED) is 0.496. The Labute approximate surface area is 157 Å². The van der Waals surface area contributed by atoms with Crippen LogP contribution in [0, 0.1) is 0 Å². The SMILES string of the molecule is CC(C)c1cc2c(-c3ccccc3)cccc2[cH-]1.[K+].